The summed E-state index contributed by atoms with van der Waals surface area (Å²) in [7, 11) is 0. The van der Waals surface area contributed by atoms with Gasteiger partial charge in [-0.05, 0) is 34.1 Å². The van der Waals surface area contributed by atoms with Crippen molar-refractivity contribution in [2.24, 2.45) is 5.41 Å². The number of aryl methyl sites for hydroxylation is 2. The van der Waals surface area contributed by atoms with Crippen LogP contribution in [-0.4, -0.2) is 28.7 Å². The van der Waals surface area contributed by atoms with Crippen LogP contribution in [0, 0.1) is 19.3 Å². The van der Waals surface area contributed by atoms with Gasteiger partial charge in [-0.1, -0.05) is 5.16 Å². The molecule has 1 rings (SSSR count). The number of carboxylic acids is 1. The fourth-order valence-corrected chi connectivity index (χ4v) is 1.60. The third kappa shape index (κ3) is 4.08. The maximum atomic E-state index is 11.7. The van der Waals surface area contributed by atoms with Crippen LogP contribution in [0.4, 0.5) is 0 Å². The molecule has 0 saturated carbocycles. The predicted octanol–water partition coefficient (Wildman–Crippen LogP) is 1.45. The Morgan fingerprint density at radius 2 is 2.00 bits per heavy atom. The molecule has 0 bridgehead atoms. The van der Waals surface area contributed by atoms with Crippen molar-refractivity contribution in [1.82, 2.24) is 10.5 Å². The molecule has 0 aliphatic carbocycles. The van der Waals surface area contributed by atoms with Crippen LogP contribution in [0.2, 0.25) is 0 Å². The molecule has 19 heavy (non-hydrogen) atoms. The minimum absolute atomic E-state index is 0.157. The second-order valence-electron chi connectivity index (χ2n) is 5.27. The van der Waals surface area contributed by atoms with Crippen molar-refractivity contribution in [3.05, 3.63) is 17.0 Å². The summed E-state index contributed by atoms with van der Waals surface area (Å²) in [5.74, 6) is -0.387. The maximum Gasteiger partial charge on any atom is 0.309 e. The summed E-state index contributed by atoms with van der Waals surface area (Å²) in [6.45, 7) is 7.15. The average Bonchev–Trinajstić information content (AvgIpc) is 2.60. The monoisotopic (exact) mass is 268 g/mol. The maximum absolute atomic E-state index is 11.7. The number of amides is 1. The number of nitrogens with one attached hydrogen (secondary N) is 1. The molecular weight excluding hydrogens is 248 g/mol. The van der Waals surface area contributed by atoms with Gasteiger partial charge in [0.05, 0.1) is 17.5 Å². The number of carbonyl (C=O) groups is 2. The van der Waals surface area contributed by atoms with Crippen LogP contribution in [0.5, 0.6) is 0 Å². The molecule has 0 spiro atoms. The Hall–Kier alpha value is -1.85. The van der Waals surface area contributed by atoms with Crippen molar-refractivity contribution in [2.45, 2.75) is 40.5 Å². The fraction of sp³-hybridized carbons (Fsp3) is 0.615. The van der Waals surface area contributed by atoms with Gasteiger partial charge < -0.3 is 14.9 Å². The molecule has 2 N–H and O–H groups in total. The summed E-state index contributed by atoms with van der Waals surface area (Å²) in [5.41, 5.74) is 0.657. The Bertz CT molecular complexity index is 457. The molecule has 6 nitrogen and oxygen atoms in total. The van der Waals surface area contributed by atoms with Gasteiger partial charge in [-0.2, -0.15) is 0 Å². The summed E-state index contributed by atoms with van der Waals surface area (Å²) in [6, 6.07) is 0. The van der Waals surface area contributed by atoms with Crippen molar-refractivity contribution < 1.29 is 19.2 Å². The van der Waals surface area contributed by atoms with Gasteiger partial charge >= 0.3 is 5.97 Å². The Labute approximate surface area is 112 Å². The number of nitrogens with zero attached hydrogens (tertiary/aromatic N) is 1. The Morgan fingerprint density at radius 3 is 2.47 bits per heavy atom. The Balaban J connectivity index is 2.43. The first-order valence-electron chi connectivity index (χ1n) is 6.16. The van der Waals surface area contributed by atoms with Gasteiger partial charge in [0.15, 0.2) is 0 Å². The van der Waals surface area contributed by atoms with E-state index in [-0.39, 0.29) is 12.3 Å². The number of hydrogen-bond donors (Lipinski definition) is 2. The molecule has 0 unspecified atom stereocenters. The minimum atomic E-state index is -0.868. The summed E-state index contributed by atoms with van der Waals surface area (Å²) in [4.78, 5) is 22.7. The van der Waals surface area contributed by atoms with E-state index in [1.807, 2.05) is 0 Å². The van der Waals surface area contributed by atoms with Crippen LogP contribution in [0.25, 0.3) is 0 Å². The van der Waals surface area contributed by atoms with Gasteiger partial charge in [0.1, 0.15) is 5.76 Å². The zero-order valence-electron chi connectivity index (χ0n) is 11.7. The normalized spacial score (nSPS) is 11.4. The number of rotatable bonds is 6. The number of carbonyl (C=O) groups excluding carboxylic acids is 1. The van der Waals surface area contributed by atoms with E-state index in [9.17, 15) is 9.59 Å². The van der Waals surface area contributed by atoms with Crippen molar-refractivity contribution in [1.29, 1.82) is 0 Å². The smallest absolute Gasteiger partial charge is 0.309 e. The molecule has 1 aromatic heterocycles. The van der Waals surface area contributed by atoms with Gasteiger partial charge in [-0.25, -0.2) is 0 Å². The average molecular weight is 268 g/mol. The highest BCUT2D eigenvalue weighted by Gasteiger charge is 2.26. The van der Waals surface area contributed by atoms with Crippen LogP contribution in [-0.2, 0) is 16.0 Å². The number of carboxylic acid groups (broad SMARTS) is 1. The summed E-state index contributed by atoms with van der Waals surface area (Å²) in [6.07, 6.45) is 0.588. The van der Waals surface area contributed by atoms with Gasteiger partial charge in [-0.3, -0.25) is 9.59 Å². The molecule has 0 aliphatic rings. The Kier molecular flexibility index (Phi) is 4.69. The molecule has 6 heteroatoms. The molecule has 0 aromatic carbocycles. The lowest BCUT2D eigenvalue weighted by atomic mass is 9.90. The summed E-state index contributed by atoms with van der Waals surface area (Å²) in [5, 5.41) is 15.4. The zero-order valence-corrected chi connectivity index (χ0v) is 11.7. The number of hydrogen-bond acceptors (Lipinski definition) is 4. The summed E-state index contributed by atoms with van der Waals surface area (Å²) >= 11 is 0. The van der Waals surface area contributed by atoms with Gasteiger partial charge in [0.25, 0.3) is 0 Å². The van der Waals surface area contributed by atoms with E-state index >= 15 is 0 Å². The fourth-order valence-electron chi connectivity index (χ4n) is 1.60. The molecule has 0 aliphatic heterocycles. The number of aromatic nitrogens is 1. The zero-order chi connectivity index (χ0) is 14.6. The molecule has 0 atom stereocenters. The van der Waals surface area contributed by atoms with Gasteiger partial charge in [0, 0.05) is 12.1 Å². The van der Waals surface area contributed by atoms with E-state index in [0.29, 0.717) is 24.4 Å². The molecule has 1 heterocycles. The van der Waals surface area contributed by atoms with Crippen molar-refractivity contribution in [2.75, 3.05) is 6.54 Å². The third-order valence-corrected chi connectivity index (χ3v) is 3.17. The second kappa shape index (κ2) is 5.86. The lowest BCUT2D eigenvalue weighted by Gasteiger charge is -2.18. The van der Waals surface area contributed by atoms with Gasteiger partial charge in [0.2, 0.25) is 5.91 Å². The molecule has 1 aromatic rings. The van der Waals surface area contributed by atoms with E-state index < -0.39 is 11.4 Å². The molecular formula is C13H20N2O4. The number of aliphatic carboxylic acids is 1. The largest absolute Gasteiger partial charge is 0.481 e. The van der Waals surface area contributed by atoms with Gasteiger partial charge in [-0.15, -0.1) is 0 Å². The second-order valence-corrected chi connectivity index (χ2v) is 5.27. The topological polar surface area (TPSA) is 92.4 Å². The van der Waals surface area contributed by atoms with Crippen molar-refractivity contribution in [3.63, 3.8) is 0 Å². The first-order chi connectivity index (χ1) is 8.74. The lowest BCUT2D eigenvalue weighted by Crippen LogP contribution is -2.32. The highest BCUT2D eigenvalue weighted by Crippen LogP contribution is 2.19. The van der Waals surface area contributed by atoms with E-state index in [4.69, 9.17) is 9.63 Å². The minimum Gasteiger partial charge on any atom is -0.481 e. The quantitative estimate of drug-likeness (QED) is 0.814. The van der Waals surface area contributed by atoms with Crippen molar-refractivity contribution >= 4 is 11.9 Å². The van der Waals surface area contributed by atoms with Crippen LogP contribution in [0.15, 0.2) is 4.52 Å². The standard InChI is InChI=1S/C13H20N2O4/c1-8-10(9(2)19-15-8)7-11(16)14-6-5-13(3,4)12(17)18/h5-7H2,1-4H3,(H,14,16)(H,17,18). The molecule has 0 fully saturated rings. The lowest BCUT2D eigenvalue weighted by molar-refractivity contribution is -0.147. The molecule has 0 radical (unpaired) electrons. The first-order valence-corrected chi connectivity index (χ1v) is 6.16. The van der Waals surface area contributed by atoms with E-state index in [0.717, 1.165) is 5.56 Å². The third-order valence-electron chi connectivity index (χ3n) is 3.17. The highest BCUT2D eigenvalue weighted by atomic mass is 16.5. The summed E-state index contributed by atoms with van der Waals surface area (Å²) < 4.78 is 4.98. The van der Waals surface area contributed by atoms with Crippen molar-refractivity contribution in [3.8, 4) is 0 Å². The predicted molar refractivity (Wildman–Crippen MR) is 68.7 cm³/mol. The SMILES string of the molecule is Cc1noc(C)c1CC(=O)NCCC(C)(C)C(=O)O. The Morgan fingerprint density at radius 1 is 1.37 bits per heavy atom. The highest BCUT2D eigenvalue weighted by molar-refractivity contribution is 5.79. The van der Waals surface area contributed by atoms with Crippen LogP contribution >= 0.6 is 0 Å². The van der Waals surface area contributed by atoms with E-state index in [1.165, 1.54) is 0 Å². The van der Waals surface area contributed by atoms with E-state index in [1.54, 1.807) is 27.7 Å². The molecule has 1 amide bonds. The van der Waals surface area contributed by atoms with Crippen LogP contribution in [0.3, 0.4) is 0 Å². The molecule has 0 saturated heterocycles. The van der Waals surface area contributed by atoms with Crippen LogP contribution < -0.4 is 5.32 Å². The van der Waals surface area contributed by atoms with E-state index in [2.05, 4.69) is 10.5 Å². The van der Waals surface area contributed by atoms with Crippen LogP contribution in [0.1, 0.15) is 37.3 Å². The first kappa shape index (κ1) is 15.2. The molecule has 106 valence electrons.